The Bertz CT molecular complexity index is 146. The molecule has 0 aromatic carbocycles. The number of hydrogen-bond acceptors (Lipinski definition) is 0. The highest BCUT2D eigenvalue weighted by atomic mass is 14.2. The summed E-state index contributed by atoms with van der Waals surface area (Å²) in [5, 5.41) is 0. The van der Waals surface area contributed by atoms with E-state index in [9.17, 15) is 0 Å². The fourth-order valence-corrected chi connectivity index (χ4v) is 2.92. The van der Waals surface area contributed by atoms with Crippen LogP contribution >= 0.6 is 0 Å². The normalized spacial score (nSPS) is 17.4. The molecule has 0 N–H and O–H groups in total. The molecule has 0 aromatic rings. The molecule has 0 aromatic heterocycles. The summed E-state index contributed by atoms with van der Waals surface area (Å²) in [6, 6.07) is 0. The van der Waals surface area contributed by atoms with Gasteiger partial charge in [0, 0.05) is 0 Å². The first-order valence-electron chi connectivity index (χ1n) is 7.53. The van der Waals surface area contributed by atoms with Crippen LogP contribution in [-0.2, 0) is 0 Å². The molecule has 0 spiro atoms. The molecule has 0 aliphatic heterocycles. The summed E-state index contributed by atoms with van der Waals surface area (Å²) >= 11 is 0. The third-order valence-corrected chi connectivity index (χ3v) is 4.20. The van der Waals surface area contributed by atoms with Crippen molar-refractivity contribution in [2.75, 3.05) is 0 Å². The second-order valence-corrected chi connectivity index (χ2v) is 6.11. The molecule has 3 unspecified atom stereocenters. The summed E-state index contributed by atoms with van der Waals surface area (Å²) in [6.45, 7) is 14.3. The van der Waals surface area contributed by atoms with Crippen molar-refractivity contribution in [3.8, 4) is 0 Å². The van der Waals surface area contributed by atoms with Gasteiger partial charge >= 0.3 is 0 Å². The van der Waals surface area contributed by atoms with Crippen LogP contribution < -0.4 is 0 Å². The molecule has 0 aliphatic carbocycles. The minimum Gasteiger partial charge on any atom is -0.0651 e. The zero-order valence-corrected chi connectivity index (χ0v) is 12.6. The highest BCUT2D eigenvalue weighted by molar-refractivity contribution is 4.66. The summed E-state index contributed by atoms with van der Waals surface area (Å²) in [4.78, 5) is 0. The van der Waals surface area contributed by atoms with Crippen LogP contribution in [-0.4, -0.2) is 0 Å². The molecule has 16 heavy (non-hydrogen) atoms. The first-order chi connectivity index (χ1) is 7.53. The van der Waals surface area contributed by atoms with Crippen LogP contribution in [0.5, 0.6) is 0 Å². The van der Waals surface area contributed by atoms with Gasteiger partial charge < -0.3 is 0 Å². The van der Waals surface area contributed by atoms with Gasteiger partial charge in [-0.15, -0.1) is 0 Å². The standard InChI is InChI=1S/C16H34/c1-7-13(4)10-14(5)11-15(6)12-16(8-2)9-3/h13-16H,7-12H2,1-6H3. The zero-order chi connectivity index (χ0) is 12.6. The van der Waals surface area contributed by atoms with E-state index in [0.29, 0.717) is 0 Å². The van der Waals surface area contributed by atoms with Gasteiger partial charge in [0.1, 0.15) is 0 Å². The maximum absolute atomic E-state index is 2.45. The predicted molar refractivity (Wildman–Crippen MR) is 75.7 cm³/mol. The van der Waals surface area contributed by atoms with Crippen LogP contribution in [0.15, 0.2) is 0 Å². The molecule has 0 heteroatoms. The fourth-order valence-electron chi connectivity index (χ4n) is 2.92. The zero-order valence-electron chi connectivity index (χ0n) is 12.6. The monoisotopic (exact) mass is 226 g/mol. The highest BCUT2D eigenvalue weighted by Crippen LogP contribution is 2.27. The van der Waals surface area contributed by atoms with E-state index in [1.165, 1.54) is 38.5 Å². The van der Waals surface area contributed by atoms with Gasteiger partial charge in [-0.1, -0.05) is 60.8 Å². The van der Waals surface area contributed by atoms with Gasteiger partial charge in [0.2, 0.25) is 0 Å². The van der Waals surface area contributed by atoms with Crippen molar-refractivity contribution in [1.29, 1.82) is 0 Å². The van der Waals surface area contributed by atoms with E-state index in [-0.39, 0.29) is 0 Å². The molecule has 0 aliphatic rings. The van der Waals surface area contributed by atoms with Crippen molar-refractivity contribution >= 4 is 0 Å². The van der Waals surface area contributed by atoms with Gasteiger partial charge in [0.25, 0.3) is 0 Å². The lowest BCUT2D eigenvalue weighted by atomic mass is 9.83. The molecule has 0 saturated heterocycles. The third-order valence-electron chi connectivity index (χ3n) is 4.20. The molecule has 0 rings (SSSR count). The molecule has 0 heterocycles. The van der Waals surface area contributed by atoms with E-state index in [4.69, 9.17) is 0 Å². The summed E-state index contributed by atoms with van der Waals surface area (Å²) in [7, 11) is 0. The molecule has 3 atom stereocenters. The van der Waals surface area contributed by atoms with Crippen LogP contribution in [0, 0.1) is 23.7 Å². The molecule has 0 bridgehead atoms. The first-order valence-corrected chi connectivity index (χ1v) is 7.53. The van der Waals surface area contributed by atoms with E-state index < -0.39 is 0 Å². The topological polar surface area (TPSA) is 0 Å². The van der Waals surface area contributed by atoms with Gasteiger partial charge in [-0.3, -0.25) is 0 Å². The van der Waals surface area contributed by atoms with E-state index in [2.05, 4.69) is 41.5 Å². The van der Waals surface area contributed by atoms with E-state index >= 15 is 0 Å². The average Bonchev–Trinajstić information content (AvgIpc) is 2.25. The minimum absolute atomic E-state index is 0.912. The van der Waals surface area contributed by atoms with Gasteiger partial charge in [0.05, 0.1) is 0 Å². The fraction of sp³-hybridized carbons (Fsp3) is 1.00. The molecule has 98 valence electrons. The maximum atomic E-state index is 2.45. The molecule has 0 radical (unpaired) electrons. The Kier molecular flexibility index (Phi) is 9.07. The lowest BCUT2D eigenvalue weighted by Gasteiger charge is -2.23. The molecule has 0 nitrogen and oxygen atoms in total. The van der Waals surface area contributed by atoms with Crippen molar-refractivity contribution in [3.63, 3.8) is 0 Å². The van der Waals surface area contributed by atoms with Crippen molar-refractivity contribution < 1.29 is 0 Å². The summed E-state index contributed by atoms with van der Waals surface area (Å²) in [5.41, 5.74) is 0. The predicted octanol–water partition coefficient (Wildman–Crippen LogP) is 5.91. The van der Waals surface area contributed by atoms with Crippen LogP contribution in [0.2, 0.25) is 0 Å². The summed E-state index contributed by atoms with van der Waals surface area (Å²) < 4.78 is 0. The third kappa shape index (κ3) is 7.30. The van der Waals surface area contributed by atoms with Crippen LogP contribution in [0.25, 0.3) is 0 Å². The Morgan fingerprint density at radius 1 is 0.562 bits per heavy atom. The molecule has 0 fully saturated rings. The Morgan fingerprint density at radius 2 is 1.00 bits per heavy atom. The van der Waals surface area contributed by atoms with Crippen molar-refractivity contribution in [1.82, 2.24) is 0 Å². The van der Waals surface area contributed by atoms with Gasteiger partial charge in [0.15, 0.2) is 0 Å². The lowest BCUT2D eigenvalue weighted by Crippen LogP contribution is -2.10. The molecule has 0 amide bonds. The number of hydrogen-bond donors (Lipinski definition) is 0. The Morgan fingerprint density at radius 3 is 1.44 bits per heavy atom. The Hall–Kier alpha value is 0. The van der Waals surface area contributed by atoms with Crippen molar-refractivity contribution in [2.24, 2.45) is 23.7 Å². The maximum Gasteiger partial charge on any atom is -0.0417 e. The largest absolute Gasteiger partial charge is 0.0651 e. The van der Waals surface area contributed by atoms with E-state index in [1.54, 1.807) is 0 Å². The molecular weight excluding hydrogens is 192 g/mol. The van der Waals surface area contributed by atoms with Gasteiger partial charge in [-0.25, -0.2) is 0 Å². The second kappa shape index (κ2) is 9.07. The van der Waals surface area contributed by atoms with Crippen molar-refractivity contribution in [2.45, 2.75) is 80.1 Å². The molecular formula is C16H34. The first kappa shape index (κ1) is 16.0. The number of rotatable bonds is 9. The highest BCUT2D eigenvalue weighted by Gasteiger charge is 2.14. The van der Waals surface area contributed by atoms with Crippen molar-refractivity contribution in [3.05, 3.63) is 0 Å². The smallest absolute Gasteiger partial charge is 0.0417 e. The van der Waals surface area contributed by atoms with Gasteiger partial charge in [-0.2, -0.15) is 0 Å². The quantitative estimate of drug-likeness (QED) is 0.458. The second-order valence-electron chi connectivity index (χ2n) is 6.11. The summed E-state index contributed by atoms with van der Waals surface area (Å²) in [5.74, 6) is 3.71. The average molecular weight is 226 g/mol. The van der Waals surface area contributed by atoms with Crippen LogP contribution in [0.3, 0.4) is 0 Å². The molecule has 0 saturated carbocycles. The lowest BCUT2D eigenvalue weighted by molar-refractivity contribution is 0.291. The Balaban J connectivity index is 3.80. The Labute approximate surface area is 104 Å². The van der Waals surface area contributed by atoms with Crippen LogP contribution in [0.4, 0.5) is 0 Å². The summed E-state index contributed by atoms with van der Waals surface area (Å²) in [6.07, 6.45) is 8.36. The van der Waals surface area contributed by atoms with Gasteiger partial charge in [-0.05, 0) is 42.9 Å². The van der Waals surface area contributed by atoms with E-state index in [0.717, 1.165) is 23.7 Å². The van der Waals surface area contributed by atoms with Crippen LogP contribution in [0.1, 0.15) is 80.1 Å². The minimum atomic E-state index is 0.912. The SMILES string of the molecule is CCC(C)CC(C)CC(C)CC(CC)CC. The van der Waals surface area contributed by atoms with E-state index in [1.807, 2.05) is 0 Å².